The van der Waals surface area contributed by atoms with E-state index in [4.69, 9.17) is 22.1 Å². The third kappa shape index (κ3) is 2.22. The number of nitrogens with two attached hydrogens (primary N) is 1. The van der Waals surface area contributed by atoms with Crippen LogP contribution in [0, 0.1) is 10.1 Å². The van der Waals surface area contributed by atoms with Gasteiger partial charge in [-0.3, -0.25) is 10.1 Å². The molecule has 0 fully saturated rings. The standard InChI is InChI=1S/C9H9ClN2O4/c1-2-16-9(13)7-5(10)3-4-6(8(7)11)12(14)15/h3-4H,2,11H2,1H3. The van der Waals surface area contributed by atoms with E-state index in [0.717, 1.165) is 6.07 Å². The van der Waals surface area contributed by atoms with Crippen molar-refractivity contribution in [2.24, 2.45) is 0 Å². The first-order valence-corrected chi connectivity index (χ1v) is 4.76. The molecule has 0 heterocycles. The molecule has 6 nitrogen and oxygen atoms in total. The third-order valence-electron chi connectivity index (χ3n) is 1.85. The highest BCUT2D eigenvalue weighted by molar-refractivity contribution is 6.34. The summed E-state index contributed by atoms with van der Waals surface area (Å²) in [5, 5.41) is 10.6. The predicted octanol–water partition coefficient (Wildman–Crippen LogP) is 2.01. The Morgan fingerprint density at radius 2 is 2.25 bits per heavy atom. The van der Waals surface area contributed by atoms with Gasteiger partial charge in [0, 0.05) is 6.07 Å². The van der Waals surface area contributed by atoms with Gasteiger partial charge in [-0.15, -0.1) is 0 Å². The molecule has 0 saturated carbocycles. The van der Waals surface area contributed by atoms with Crippen LogP contribution in [0.4, 0.5) is 11.4 Å². The number of carbonyl (C=O) groups excluding carboxylic acids is 1. The number of carbonyl (C=O) groups is 1. The first-order valence-electron chi connectivity index (χ1n) is 4.38. The summed E-state index contributed by atoms with van der Waals surface area (Å²) in [6.07, 6.45) is 0. The lowest BCUT2D eigenvalue weighted by atomic mass is 10.1. The van der Waals surface area contributed by atoms with Crippen molar-refractivity contribution in [2.75, 3.05) is 12.3 Å². The van der Waals surface area contributed by atoms with Crippen molar-refractivity contribution in [3.63, 3.8) is 0 Å². The quantitative estimate of drug-likeness (QED) is 0.380. The first-order chi connectivity index (χ1) is 7.49. The van der Waals surface area contributed by atoms with E-state index in [0.29, 0.717) is 0 Å². The molecule has 7 heteroatoms. The molecule has 0 unspecified atom stereocenters. The maximum atomic E-state index is 11.5. The molecule has 0 bridgehead atoms. The first kappa shape index (κ1) is 12.3. The normalized spacial score (nSPS) is 9.88. The van der Waals surface area contributed by atoms with E-state index in [1.165, 1.54) is 6.07 Å². The van der Waals surface area contributed by atoms with Crippen LogP contribution in [-0.2, 0) is 4.74 Å². The van der Waals surface area contributed by atoms with Crippen LogP contribution in [0.3, 0.4) is 0 Å². The molecule has 86 valence electrons. The molecule has 0 spiro atoms. The van der Waals surface area contributed by atoms with Crippen molar-refractivity contribution >= 4 is 28.9 Å². The van der Waals surface area contributed by atoms with Crippen molar-refractivity contribution in [3.05, 3.63) is 32.8 Å². The van der Waals surface area contributed by atoms with E-state index in [-0.39, 0.29) is 28.6 Å². The number of benzene rings is 1. The summed E-state index contributed by atoms with van der Waals surface area (Å²) in [4.78, 5) is 21.4. The maximum Gasteiger partial charge on any atom is 0.342 e. The molecule has 16 heavy (non-hydrogen) atoms. The highest BCUT2D eigenvalue weighted by atomic mass is 35.5. The summed E-state index contributed by atoms with van der Waals surface area (Å²) >= 11 is 5.73. The Morgan fingerprint density at radius 3 is 2.75 bits per heavy atom. The van der Waals surface area contributed by atoms with Crippen LogP contribution < -0.4 is 5.73 Å². The second-order valence-electron chi connectivity index (χ2n) is 2.83. The van der Waals surface area contributed by atoms with Crippen molar-refractivity contribution in [1.82, 2.24) is 0 Å². The number of hydrogen-bond acceptors (Lipinski definition) is 5. The number of hydrogen-bond donors (Lipinski definition) is 1. The highest BCUT2D eigenvalue weighted by Crippen LogP contribution is 2.31. The highest BCUT2D eigenvalue weighted by Gasteiger charge is 2.23. The van der Waals surface area contributed by atoms with E-state index in [9.17, 15) is 14.9 Å². The van der Waals surface area contributed by atoms with Crippen LogP contribution in [0.5, 0.6) is 0 Å². The Hall–Kier alpha value is -1.82. The van der Waals surface area contributed by atoms with Crippen LogP contribution >= 0.6 is 11.6 Å². The molecule has 0 saturated heterocycles. The molecule has 0 amide bonds. The minimum atomic E-state index is -0.770. The Balaban J connectivity index is 3.31. The third-order valence-corrected chi connectivity index (χ3v) is 2.16. The Bertz CT molecular complexity index is 447. The number of nitro benzene ring substituents is 1. The number of halogens is 1. The van der Waals surface area contributed by atoms with Crippen LogP contribution in [0.15, 0.2) is 12.1 Å². The number of nitrogen functional groups attached to an aromatic ring is 1. The smallest absolute Gasteiger partial charge is 0.342 e. The minimum Gasteiger partial charge on any atom is -0.462 e. The molecule has 0 aliphatic heterocycles. The Morgan fingerprint density at radius 1 is 1.62 bits per heavy atom. The van der Waals surface area contributed by atoms with E-state index < -0.39 is 10.9 Å². The molecule has 1 rings (SSSR count). The summed E-state index contributed by atoms with van der Waals surface area (Å²) < 4.78 is 4.70. The fraction of sp³-hybridized carbons (Fsp3) is 0.222. The maximum absolute atomic E-state index is 11.5. The molecule has 2 N–H and O–H groups in total. The molecule has 1 aromatic rings. The van der Waals surface area contributed by atoms with Crippen LogP contribution in [-0.4, -0.2) is 17.5 Å². The monoisotopic (exact) mass is 244 g/mol. The number of nitro groups is 1. The SMILES string of the molecule is CCOC(=O)c1c(Cl)ccc([N+](=O)[O-])c1N. The molecule has 0 aliphatic rings. The molecular formula is C9H9ClN2O4. The van der Waals surface area contributed by atoms with Gasteiger partial charge < -0.3 is 10.5 Å². The van der Waals surface area contributed by atoms with E-state index in [1.54, 1.807) is 6.92 Å². The zero-order valence-corrected chi connectivity index (χ0v) is 9.15. The van der Waals surface area contributed by atoms with Crippen LogP contribution in [0.2, 0.25) is 5.02 Å². The van der Waals surface area contributed by atoms with Crippen molar-refractivity contribution in [1.29, 1.82) is 0 Å². The number of anilines is 1. The summed E-state index contributed by atoms with van der Waals surface area (Å²) in [7, 11) is 0. The van der Waals surface area contributed by atoms with Gasteiger partial charge in [0.2, 0.25) is 0 Å². The molecular weight excluding hydrogens is 236 g/mol. The van der Waals surface area contributed by atoms with Gasteiger partial charge in [0.1, 0.15) is 11.3 Å². The van der Waals surface area contributed by atoms with Gasteiger partial charge >= 0.3 is 5.97 Å². The zero-order valence-electron chi connectivity index (χ0n) is 8.40. The summed E-state index contributed by atoms with van der Waals surface area (Å²) in [6.45, 7) is 1.75. The van der Waals surface area contributed by atoms with Crippen molar-refractivity contribution in [2.45, 2.75) is 6.92 Å². The van der Waals surface area contributed by atoms with Gasteiger partial charge in [0.15, 0.2) is 0 Å². The van der Waals surface area contributed by atoms with Crippen LogP contribution in [0.25, 0.3) is 0 Å². The van der Waals surface area contributed by atoms with E-state index in [2.05, 4.69) is 0 Å². The molecule has 0 radical (unpaired) electrons. The topological polar surface area (TPSA) is 95.5 Å². The fourth-order valence-corrected chi connectivity index (χ4v) is 1.39. The number of esters is 1. The summed E-state index contributed by atoms with van der Waals surface area (Å²) in [5.41, 5.74) is 4.67. The lowest BCUT2D eigenvalue weighted by Gasteiger charge is -2.07. The fourth-order valence-electron chi connectivity index (χ4n) is 1.15. The van der Waals surface area contributed by atoms with Gasteiger partial charge in [0.05, 0.1) is 16.6 Å². The minimum absolute atomic E-state index is 0.0292. The van der Waals surface area contributed by atoms with Gasteiger partial charge in [-0.1, -0.05) is 11.6 Å². The summed E-state index contributed by atoms with van der Waals surface area (Å²) in [6, 6.07) is 2.38. The second-order valence-corrected chi connectivity index (χ2v) is 3.24. The lowest BCUT2D eigenvalue weighted by Crippen LogP contribution is -2.10. The van der Waals surface area contributed by atoms with Crippen LogP contribution in [0.1, 0.15) is 17.3 Å². The van der Waals surface area contributed by atoms with Gasteiger partial charge in [-0.2, -0.15) is 0 Å². The Labute approximate surface area is 96.1 Å². The van der Waals surface area contributed by atoms with E-state index >= 15 is 0 Å². The molecule has 0 aromatic heterocycles. The number of rotatable bonds is 3. The second kappa shape index (κ2) is 4.80. The zero-order chi connectivity index (χ0) is 12.3. The number of nitrogens with zero attached hydrogens (tertiary/aromatic N) is 1. The van der Waals surface area contributed by atoms with E-state index in [1.807, 2.05) is 0 Å². The molecule has 0 aliphatic carbocycles. The predicted molar refractivity (Wildman–Crippen MR) is 58.5 cm³/mol. The van der Waals surface area contributed by atoms with Gasteiger partial charge in [-0.05, 0) is 13.0 Å². The molecule has 0 atom stereocenters. The van der Waals surface area contributed by atoms with Gasteiger partial charge in [0.25, 0.3) is 5.69 Å². The lowest BCUT2D eigenvalue weighted by molar-refractivity contribution is -0.383. The number of ether oxygens (including phenoxy) is 1. The molecule has 1 aromatic carbocycles. The van der Waals surface area contributed by atoms with Gasteiger partial charge in [-0.25, -0.2) is 4.79 Å². The average Bonchev–Trinajstić information content (AvgIpc) is 2.17. The van der Waals surface area contributed by atoms with Crippen molar-refractivity contribution < 1.29 is 14.5 Å². The largest absolute Gasteiger partial charge is 0.462 e. The summed E-state index contributed by atoms with van der Waals surface area (Å²) in [5.74, 6) is -0.770. The van der Waals surface area contributed by atoms with Crippen molar-refractivity contribution in [3.8, 4) is 0 Å². The Kier molecular flexibility index (Phi) is 3.68. The average molecular weight is 245 g/mol.